The number of anilines is 1. The number of piperidine rings is 1. The third-order valence-electron chi connectivity index (χ3n) is 7.23. The molecule has 3 atom stereocenters. The molecule has 0 aromatic heterocycles. The number of aliphatic hydroxyl groups is 1. The van der Waals surface area contributed by atoms with E-state index in [9.17, 15) is 19.1 Å². The van der Waals surface area contributed by atoms with E-state index in [2.05, 4.69) is 10.6 Å². The minimum Gasteiger partial charge on any atom is -0.496 e. The quantitative estimate of drug-likeness (QED) is 0.252. The van der Waals surface area contributed by atoms with Crippen LogP contribution < -0.4 is 20.1 Å². The fourth-order valence-corrected chi connectivity index (χ4v) is 5.06. The number of β-amino-alcohol motifs (C(OH)–C–C–N with tert-alkyl or cyclic N) is 1. The average molecular weight is 616 g/mol. The molecular formula is C31H35ClFN3O7. The predicted octanol–water partition coefficient (Wildman–Crippen LogP) is 5.19. The zero-order valence-electron chi connectivity index (χ0n) is 24.1. The Morgan fingerprint density at radius 2 is 1.86 bits per heavy atom. The fraction of sp³-hybridized carbons (Fsp3) is 0.355. The maximum absolute atomic E-state index is 13.5. The number of rotatable bonds is 11. The largest absolute Gasteiger partial charge is 0.496 e. The van der Waals surface area contributed by atoms with E-state index in [1.165, 1.54) is 38.5 Å². The number of benzene rings is 3. The number of hydrogen-bond donors (Lipinski definition) is 3. The molecule has 4 rings (SSSR count). The van der Waals surface area contributed by atoms with Crippen molar-refractivity contribution in [2.24, 2.45) is 0 Å². The summed E-state index contributed by atoms with van der Waals surface area (Å²) in [5.41, 5.74) is -0.321. The van der Waals surface area contributed by atoms with Gasteiger partial charge in [-0.1, -0.05) is 48.9 Å². The van der Waals surface area contributed by atoms with E-state index in [0.717, 1.165) is 5.56 Å². The first-order valence-corrected chi connectivity index (χ1v) is 14.1. The number of methoxy groups -OCH3 is 2. The molecule has 3 aromatic carbocycles. The minimum atomic E-state index is -1.41. The number of ether oxygens (including phenoxy) is 4. The summed E-state index contributed by atoms with van der Waals surface area (Å²) in [6.45, 7) is 2.58. The molecule has 10 nitrogen and oxygen atoms in total. The van der Waals surface area contributed by atoms with Gasteiger partial charge in [0.2, 0.25) is 0 Å². The molecule has 12 heteroatoms. The Bertz CT molecular complexity index is 1400. The number of carbonyl (C=O) groups excluding carboxylic acids is 2. The topological polar surface area (TPSA) is 119 Å². The molecule has 0 bridgehead atoms. The van der Waals surface area contributed by atoms with E-state index in [0.29, 0.717) is 18.7 Å². The van der Waals surface area contributed by atoms with E-state index in [1.807, 2.05) is 42.2 Å². The normalized spacial score (nSPS) is 19.3. The lowest BCUT2D eigenvalue weighted by Crippen LogP contribution is -2.66. The molecule has 1 heterocycles. The van der Waals surface area contributed by atoms with Crippen LogP contribution in [0.3, 0.4) is 0 Å². The monoisotopic (exact) mass is 615 g/mol. The summed E-state index contributed by atoms with van der Waals surface area (Å²) in [4.78, 5) is 27.8. The van der Waals surface area contributed by atoms with Gasteiger partial charge in [-0.05, 0) is 42.3 Å². The Morgan fingerprint density at radius 1 is 1.14 bits per heavy atom. The number of hydrogen-bond acceptors (Lipinski definition) is 8. The van der Waals surface area contributed by atoms with E-state index in [1.54, 1.807) is 12.1 Å². The van der Waals surface area contributed by atoms with Gasteiger partial charge in [-0.25, -0.2) is 9.18 Å². The Morgan fingerprint density at radius 3 is 2.49 bits per heavy atom. The van der Waals surface area contributed by atoms with Gasteiger partial charge in [-0.15, -0.1) is 0 Å². The summed E-state index contributed by atoms with van der Waals surface area (Å²) in [6.07, 6.45) is -1.39. The first-order chi connectivity index (χ1) is 20.7. The van der Waals surface area contributed by atoms with Crippen LogP contribution in [0.1, 0.15) is 35.7 Å². The average Bonchev–Trinajstić information content (AvgIpc) is 3.02. The van der Waals surface area contributed by atoms with Crippen molar-refractivity contribution in [2.75, 3.05) is 32.6 Å². The number of halogens is 2. The van der Waals surface area contributed by atoms with E-state index < -0.39 is 23.8 Å². The molecule has 0 aliphatic carbocycles. The van der Waals surface area contributed by atoms with Gasteiger partial charge in [0.15, 0.2) is 12.0 Å². The second kappa shape index (κ2) is 14.5. The number of nitrogens with zero attached hydrogens (tertiary/aromatic N) is 1. The molecule has 2 amide bonds. The lowest BCUT2D eigenvalue weighted by Gasteiger charge is -2.46. The Hall–Kier alpha value is -3.90. The molecule has 3 aromatic rings. The van der Waals surface area contributed by atoms with Crippen molar-refractivity contribution in [3.63, 3.8) is 0 Å². The number of nitrogens with one attached hydrogen (secondary N) is 2. The zero-order chi connectivity index (χ0) is 31.0. The molecule has 230 valence electrons. The highest BCUT2D eigenvalue weighted by atomic mass is 35.5. The summed E-state index contributed by atoms with van der Waals surface area (Å²) < 4.78 is 35.7. The molecule has 1 saturated heterocycles. The number of aliphatic hydroxyl groups excluding tert-OH is 1. The molecule has 1 aliphatic heterocycles. The molecule has 0 spiro atoms. The van der Waals surface area contributed by atoms with E-state index in [4.69, 9.17) is 30.5 Å². The van der Waals surface area contributed by atoms with Crippen LogP contribution in [0, 0.1) is 5.82 Å². The van der Waals surface area contributed by atoms with Crippen molar-refractivity contribution >= 4 is 29.3 Å². The number of amides is 2. The molecule has 3 N–H and O–H groups in total. The van der Waals surface area contributed by atoms with Crippen LogP contribution in [-0.2, 0) is 16.1 Å². The van der Waals surface area contributed by atoms with Crippen molar-refractivity contribution in [3.05, 3.63) is 88.7 Å². The summed E-state index contributed by atoms with van der Waals surface area (Å²) in [7, 11) is 2.78. The first kappa shape index (κ1) is 32.0. The maximum Gasteiger partial charge on any atom is 0.412 e. The fourth-order valence-electron chi connectivity index (χ4n) is 4.84. The molecule has 1 fully saturated rings. The van der Waals surface area contributed by atoms with Gasteiger partial charge in [0, 0.05) is 32.7 Å². The highest BCUT2D eigenvalue weighted by Crippen LogP contribution is 2.33. The van der Waals surface area contributed by atoms with E-state index >= 15 is 0 Å². The van der Waals surface area contributed by atoms with Crippen molar-refractivity contribution in [3.8, 4) is 11.5 Å². The SMILES string of the molecule is CCC(Oc1ccc(F)cc1)N1CCC(NC(=O)c2cc(Cl)c(NC(=O)OCc3ccccc3)cc2OC)(OC)C(O)C1. The Labute approximate surface area is 254 Å². The smallest absolute Gasteiger partial charge is 0.412 e. The lowest BCUT2D eigenvalue weighted by atomic mass is 9.95. The van der Waals surface area contributed by atoms with Gasteiger partial charge in [0.05, 0.1) is 23.4 Å². The van der Waals surface area contributed by atoms with Crippen LogP contribution in [0.25, 0.3) is 0 Å². The number of carbonyl (C=O) groups is 2. The Kier molecular flexibility index (Phi) is 10.8. The molecule has 1 aliphatic rings. The predicted molar refractivity (Wildman–Crippen MR) is 159 cm³/mol. The zero-order valence-corrected chi connectivity index (χ0v) is 24.9. The molecular weight excluding hydrogens is 581 g/mol. The van der Waals surface area contributed by atoms with Crippen LogP contribution >= 0.6 is 11.6 Å². The van der Waals surface area contributed by atoms with Gasteiger partial charge < -0.3 is 29.4 Å². The van der Waals surface area contributed by atoms with Crippen LogP contribution in [0.2, 0.25) is 5.02 Å². The second-order valence-electron chi connectivity index (χ2n) is 9.96. The van der Waals surface area contributed by atoms with Crippen LogP contribution in [0.4, 0.5) is 14.9 Å². The summed E-state index contributed by atoms with van der Waals surface area (Å²) >= 11 is 6.42. The van der Waals surface area contributed by atoms with Crippen LogP contribution in [-0.4, -0.2) is 67.4 Å². The third-order valence-corrected chi connectivity index (χ3v) is 7.54. The summed E-state index contributed by atoms with van der Waals surface area (Å²) in [5, 5.41) is 16.6. The van der Waals surface area contributed by atoms with Crippen LogP contribution in [0.15, 0.2) is 66.7 Å². The van der Waals surface area contributed by atoms with Gasteiger partial charge in [-0.2, -0.15) is 0 Å². The van der Waals surface area contributed by atoms with Gasteiger partial charge in [0.1, 0.15) is 30.0 Å². The standard InChI is InChI=1S/C31H35ClFN3O7/c1-4-28(43-22-12-10-21(33)11-13-22)36-15-14-31(41-3,27(37)18-36)35-29(38)23-16-24(32)25(17-26(23)40-2)34-30(39)42-19-20-8-6-5-7-9-20/h5-13,16-17,27-28,37H,4,14-15,18-19H2,1-3H3,(H,34,39)(H,35,38). The van der Waals surface area contributed by atoms with E-state index in [-0.39, 0.29) is 53.6 Å². The first-order valence-electron chi connectivity index (χ1n) is 13.7. The Balaban J connectivity index is 1.42. The van der Waals surface area contributed by atoms with Crippen molar-refractivity contribution < 1.29 is 38.0 Å². The second-order valence-corrected chi connectivity index (χ2v) is 10.4. The van der Waals surface area contributed by atoms with Gasteiger partial charge in [-0.3, -0.25) is 15.0 Å². The molecule has 3 unspecified atom stereocenters. The van der Waals surface area contributed by atoms with Crippen molar-refractivity contribution in [2.45, 2.75) is 44.4 Å². The third kappa shape index (κ3) is 7.94. The van der Waals surface area contributed by atoms with Gasteiger partial charge >= 0.3 is 6.09 Å². The molecule has 0 radical (unpaired) electrons. The summed E-state index contributed by atoms with van der Waals surface area (Å²) in [6, 6.07) is 17.7. The van der Waals surface area contributed by atoms with Crippen molar-refractivity contribution in [1.82, 2.24) is 10.2 Å². The van der Waals surface area contributed by atoms with Crippen molar-refractivity contribution in [1.29, 1.82) is 0 Å². The van der Waals surface area contributed by atoms with Gasteiger partial charge in [0.25, 0.3) is 5.91 Å². The summed E-state index contributed by atoms with van der Waals surface area (Å²) in [5.74, 6) is -0.316. The molecule has 43 heavy (non-hydrogen) atoms. The van der Waals surface area contributed by atoms with Crippen LogP contribution in [0.5, 0.6) is 11.5 Å². The highest BCUT2D eigenvalue weighted by Gasteiger charge is 2.46. The lowest BCUT2D eigenvalue weighted by molar-refractivity contribution is -0.168. The maximum atomic E-state index is 13.5. The number of likely N-dealkylation sites (tertiary alicyclic amines) is 1. The minimum absolute atomic E-state index is 0.0676. The highest BCUT2D eigenvalue weighted by molar-refractivity contribution is 6.34. The molecule has 0 saturated carbocycles.